The van der Waals surface area contributed by atoms with E-state index in [2.05, 4.69) is 6.07 Å². The average molecular weight is 259 g/mol. The number of carbonyl (C=O) groups excluding carboxylic acids is 1. The summed E-state index contributed by atoms with van der Waals surface area (Å²) < 4.78 is 11.4. The molecule has 2 rings (SSSR count). The Labute approximate surface area is 112 Å². The fourth-order valence-electron chi connectivity index (χ4n) is 2.00. The zero-order valence-electron chi connectivity index (χ0n) is 11.8. The summed E-state index contributed by atoms with van der Waals surface area (Å²) in [7, 11) is 0. The molecule has 0 bridgehead atoms. The Morgan fingerprint density at radius 3 is 2.47 bits per heavy atom. The van der Waals surface area contributed by atoms with E-state index in [1.54, 1.807) is 26.0 Å². The van der Waals surface area contributed by atoms with Crippen LogP contribution in [0.25, 0.3) is 0 Å². The lowest BCUT2D eigenvalue weighted by Gasteiger charge is -2.22. The molecule has 4 nitrogen and oxygen atoms in total. The van der Waals surface area contributed by atoms with Crippen LogP contribution in [0.4, 0.5) is 0 Å². The van der Waals surface area contributed by atoms with E-state index >= 15 is 0 Å². The number of hydrogen-bond donors (Lipinski definition) is 0. The molecule has 19 heavy (non-hydrogen) atoms. The van der Waals surface area contributed by atoms with Gasteiger partial charge in [-0.2, -0.15) is 5.26 Å². The number of hydrogen-bond acceptors (Lipinski definition) is 4. The molecule has 0 aliphatic carbocycles. The maximum absolute atomic E-state index is 12.1. The second-order valence-electron chi connectivity index (χ2n) is 6.08. The Bertz CT molecular complexity index is 589. The van der Waals surface area contributed by atoms with E-state index in [0.29, 0.717) is 17.1 Å². The van der Waals surface area contributed by atoms with Gasteiger partial charge in [-0.3, -0.25) is 4.79 Å². The van der Waals surface area contributed by atoms with Crippen LogP contribution in [0.5, 0.6) is 11.5 Å². The first kappa shape index (κ1) is 13.4. The lowest BCUT2D eigenvalue weighted by Crippen LogP contribution is -2.32. The monoisotopic (exact) mass is 259 g/mol. The maximum atomic E-state index is 12.1. The summed E-state index contributed by atoms with van der Waals surface area (Å²) in [6.07, 6.45) is 0. The second-order valence-corrected chi connectivity index (χ2v) is 6.08. The van der Waals surface area contributed by atoms with Crippen LogP contribution in [-0.2, 0) is 0 Å². The fourth-order valence-corrected chi connectivity index (χ4v) is 2.00. The summed E-state index contributed by atoms with van der Waals surface area (Å²) in [6, 6.07) is 5.39. The Morgan fingerprint density at radius 2 is 1.95 bits per heavy atom. The summed E-state index contributed by atoms with van der Waals surface area (Å²) in [5, 5.41) is 9.31. The van der Waals surface area contributed by atoms with Crippen LogP contribution in [0.2, 0.25) is 0 Å². The minimum absolute atomic E-state index is 0.110. The Morgan fingerprint density at radius 1 is 1.32 bits per heavy atom. The van der Waals surface area contributed by atoms with Crippen molar-refractivity contribution in [3.8, 4) is 17.6 Å². The van der Waals surface area contributed by atoms with Gasteiger partial charge >= 0.3 is 0 Å². The number of fused-ring (bicyclic) bond motifs is 1. The smallest absolute Gasteiger partial charge is 0.209 e. The molecule has 1 aromatic carbocycles. The van der Waals surface area contributed by atoms with Gasteiger partial charge in [0.05, 0.1) is 5.56 Å². The maximum Gasteiger partial charge on any atom is 0.209 e. The van der Waals surface area contributed by atoms with Crippen LogP contribution in [0.3, 0.4) is 0 Å². The molecule has 0 N–H and O–H groups in total. The predicted octanol–water partition coefficient (Wildman–Crippen LogP) is 3.09. The predicted molar refractivity (Wildman–Crippen MR) is 70.6 cm³/mol. The number of ether oxygens (including phenoxy) is 2. The van der Waals surface area contributed by atoms with Gasteiger partial charge in [-0.15, -0.1) is 0 Å². The molecule has 0 radical (unpaired) electrons. The van der Waals surface area contributed by atoms with E-state index in [-0.39, 0.29) is 11.3 Å². The zero-order chi connectivity index (χ0) is 14.4. The number of nitrogens with zero attached hydrogens (tertiary/aromatic N) is 1. The van der Waals surface area contributed by atoms with Gasteiger partial charge in [-0.1, -0.05) is 0 Å². The van der Waals surface area contributed by atoms with E-state index in [0.717, 1.165) is 0 Å². The highest BCUT2D eigenvalue weighted by Crippen LogP contribution is 2.41. The van der Waals surface area contributed by atoms with Gasteiger partial charge in [0.25, 0.3) is 0 Å². The van der Waals surface area contributed by atoms with Crippen molar-refractivity contribution < 1.29 is 14.3 Å². The van der Waals surface area contributed by atoms with E-state index in [1.807, 2.05) is 20.8 Å². The van der Waals surface area contributed by atoms with Crippen LogP contribution >= 0.6 is 0 Å². The molecule has 4 heteroatoms. The average Bonchev–Trinajstić information content (AvgIpc) is 2.48. The highest BCUT2D eigenvalue weighted by Gasteiger charge is 2.42. The highest BCUT2D eigenvalue weighted by atomic mass is 16.5. The van der Waals surface area contributed by atoms with E-state index in [9.17, 15) is 10.1 Å². The molecule has 0 atom stereocenters. The molecule has 0 fully saturated rings. The zero-order valence-corrected chi connectivity index (χ0v) is 11.8. The van der Waals surface area contributed by atoms with Gasteiger partial charge in [0.2, 0.25) is 5.78 Å². The Kier molecular flexibility index (Phi) is 2.82. The molecular weight excluding hydrogens is 242 g/mol. The minimum atomic E-state index is -0.922. The van der Waals surface area contributed by atoms with Gasteiger partial charge in [0.15, 0.2) is 11.4 Å². The van der Waals surface area contributed by atoms with Gasteiger partial charge < -0.3 is 9.47 Å². The van der Waals surface area contributed by atoms with Crippen LogP contribution < -0.4 is 9.47 Å². The standard InChI is InChI=1S/C15H17NO3/c1-14(2,3)18-11-7-6-9-12(10(11)8-16)19-15(4,5)13(9)17/h6-7H,1-5H3. The van der Waals surface area contributed by atoms with Gasteiger partial charge in [0, 0.05) is 0 Å². The molecule has 1 aliphatic heterocycles. The SMILES string of the molecule is CC(C)(C)Oc1ccc2c(c1C#N)OC(C)(C)C2=O. The van der Waals surface area contributed by atoms with E-state index in [1.165, 1.54) is 0 Å². The first-order chi connectivity index (χ1) is 8.65. The van der Waals surface area contributed by atoms with Crippen molar-refractivity contribution in [3.05, 3.63) is 23.3 Å². The molecule has 100 valence electrons. The normalized spacial score (nSPS) is 16.5. The molecule has 1 aromatic rings. The molecule has 0 spiro atoms. The highest BCUT2D eigenvalue weighted by molar-refractivity contribution is 6.07. The van der Waals surface area contributed by atoms with Crippen molar-refractivity contribution in [1.29, 1.82) is 5.26 Å². The topological polar surface area (TPSA) is 59.3 Å². The number of benzene rings is 1. The largest absolute Gasteiger partial charge is 0.487 e. The summed E-state index contributed by atoms with van der Waals surface area (Å²) in [6.45, 7) is 9.09. The molecule has 0 saturated heterocycles. The number of ketones is 1. The van der Waals surface area contributed by atoms with Crippen molar-refractivity contribution >= 4 is 5.78 Å². The third kappa shape index (κ3) is 2.28. The molecular formula is C15H17NO3. The van der Waals surface area contributed by atoms with E-state index in [4.69, 9.17) is 9.47 Å². The Hall–Kier alpha value is -2.02. The minimum Gasteiger partial charge on any atom is -0.487 e. The lowest BCUT2D eigenvalue weighted by molar-refractivity contribution is 0.0682. The van der Waals surface area contributed by atoms with Crippen molar-refractivity contribution in [1.82, 2.24) is 0 Å². The molecule has 0 aromatic heterocycles. The number of Topliss-reactive ketones (excluding diaryl/α,β-unsaturated/α-hetero) is 1. The van der Waals surface area contributed by atoms with Crippen molar-refractivity contribution in [2.24, 2.45) is 0 Å². The van der Waals surface area contributed by atoms with Crippen LogP contribution in [0, 0.1) is 11.3 Å². The van der Waals surface area contributed by atoms with Gasteiger partial charge in [-0.05, 0) is 46.8 Å². The molecule has 0 amide bonds. The van der Waals surface area contributed by atoms with Crippen LogP contribution in [0.1, 0.15) is 50.5 Å². The fraction of sp³-hybridized carbons (Fsp3) is 0.467. The lowest BCUT2D eigenvalue weighted by atomic mass is 9.98. The molecule has 0 unspecified atom stereocenters. The quantitative estimate of drug-likeness (QED) is 0.777. The van der Waals surface area contributed by atoms with E-state index < -0.39 is 11.2 Å². The van der Waals surface area contributed by atoms with Crippen LogP contribution in [0.15, 0.2) is 12.1 Å². The summed E-state index contributed by atoms with van der Waals surface area (Å²) in [4.78, 5) is 12.1. The number of nitriles is 1. The number of rotatable bonds is 1. The summed E-state index contributed by atoms with van der Waals surface area (Å²) in [5.74, 6) is 0.666. The number of carbonyl (C=O) groups is 1. The van der Waals surface area contributed by atoms with Gasteiger partial charge in [0.1, 0.15) is 23.0 Å². The summed E-state index contributed by atoms with van der Waals surface area (Å²) in [5.41, 5.74) is -0.610. The first-order valence-electron chi connectivity index (χ1n) is 6.15. The second kappa shape index (κ2) is 3.99. The summed E-state index contributed by atoms with van der Waals surface area (Å²) >= 11 is 0. The third-order valence-corrected chi connectivity index (χ3v) is 2.80. The van der Waals surface area contributed by atoms with Gasteiger partial charge in [-0.25, -0.2) is 0 Å². The Balaban J connectivity index is 2.56. The molecule has 1 heterocycles. The van der Waals surface area contributed by atoms with Crippen molar-refractivity contribution in [3.63, 3.8) is 0 Å². The molecule has 0 saturated carbocycles. The molecule has 1 aliphatic rings. The van der Waals surface area contributed by atoms with Crippen LogP contribution in [-0.4, -0.2) is 17.0 Å². The van der Waals surface area contributed by atoms with Crippen molar-refractivity contribution in [2.75, 3.05) is 0 Å². The first-order valence-corrected chi connectivity index (χ1v) is 6.15. The third-order valence-electron chi connectivity index (χ3n) is 2.80. The van der Waals surface area contributed by atoms with Crippen molar-refractivity contribution in [2.45, 2.75) is 45.8 Å².